The van der Waals surface area contributed by atoms with E-state index in [1.54, 1.807) is 0 Å². The van der Waals surface area contributed by atoms with Gasteiger partial charge in [-0.25, -0.2) is 0 Å². The number of rotatable bonds is 7. The van der Waals surface area contributed by atoms with Crippen LogP contribution in [0.3, 0.4) is 0 Å². The van der Waals surface area contributed by atoms with Gasteiger partial charge in [0.1, 0.15) is 0 Å². The van der Waals surface area contributed by atoms with Gasteiger partial charge < -0.3 is 5.32 Å². The predicted octanol–water partition coefficient (Wildman–Crippen LogP) is 3.20. The van der Waals surface area contributed by atoms with Crippen LogP contribution in [0.2, 0.25) is 0 Å². The van der Waals surface area contributed by atoms with E-state index in [-0.39, 0.29) is 0 Å². The third-order valence-corrected chi connectivity index (χ3v) is 2.43. The van der Waals surface area contributed by atoms with E-state index in [0.717, 1.165) is 12.0 Å². The summed E-state index contributed by atoms with van der Waals surface area (Å²) in [7, 11) is 0. The summed E-state index contributed by atoms with van der Waals surface area (Å²) in [5.74, 6) is 0.775. The molecule has 74 valence electrons. The largest absolute Gasteiger partial charge is 0.314 e. The Kier molecular flexibility index (Phi) is 7.58. The van der Waals surface area contributed by atoms with E-state index in [1.165, 1.54) is 32.2 Å². The van der Waals surface area contributed by atoms with Gasteiger partial charge >= 0.3 is 0 Å². The molecular formula is C11H25N. The van der Waals surface area contributed by atoms with Gasteiger partial charge in [-0.15, -0.1) is 0 Å². The Morgan fingerprint density at radius 3 is 2.17 bits per heavy atom. The molecule has 0 rings (SSSR count). The van der Waals surface area contributed by atoms with Crippen LogP contribution in [0.1, 0.15) is 53.4 Å². The minimum absolute atomic E-state index is 0.724. The van der Waals surface area contributed by atoms with E-state index in [1.807, 2.05) is 0 Å². The summed E-state index contributed by atoms with van der Waals surface area (Å²) in [6.45, 7) is 10.3. The van der Waals surface area contributed by atoms with Gasteiger partial charge in [-0.3, -0.25) is 0 Å². The first kappa shape index (κ1) is 12.0. The van der Waals surface area contributed by atoms with Crippen LogP contribution >= 0.6 is 0 Å². The van der Waals surface area contributed by atoms with Crippen molar-refractivity contribution in [2.24, 2.45) is 5.92 Å². The van der Waals surface area contributed by atoms with Crippen molar-refractivity contribution in [3.8, 4) is 0 Å². The average Bonchev–Trinajstić information content (AvgIpc) is 2.04. The van der Waals surface area contributed by atoms with Crippen LogP contribution in [0.5, 0.6) is 0 Å². The molecule has 0 aromatic heterocycles. The molecule has 0 bridgehead atoms. The van der Waals surface area contributed by atoms with Crippen molar-refractivity contribution in [3.63, 3.8) is 0 Å². The number of nitrogens with one attached hydrogen (secondary N) is 1. The summed E-state index contributed by atoms with van der Waals surface area (Å²) in [6, 6.07) is 0.724. The van der Waals surface area contributed by atoms with Gasteiger partial charge in [-0.2, -0.15) is 0 Å². The third-order valence-electron chi connectivity index (χ3n) is 2.43. The van der Waals surface area contributed by atoms with Crippen molar-refractivity contribution in [3.05, 3.63) is 0 Å². The maximum absolute atomic E-state index is 3.60. The summed E-state index contributed by atoms with van der Waals surface area (Å²) < 4.78 is 0. The van der Waals surface area contributed by atoms with Crippen molar-refractivity contribution in [2.45, 2.75) is 59.4 Å². The highest BCUT2D eigenvalue weighted by Crippen LogP contribution is 2.05. The predicted molar refractivity (Wildman–Crippen MR) is 56.4 cm³/mol. The van der Waals surface area contributed by atoms with E-state index in [2.05, 4.69) is 33.0 Å². The number of unbranched alkanes of at least 4 members (excludes halogenated alkanes) is 2. The molecule has 1 N–H and O–H groups in total. The first-order chi connectivity index (χ1) is 5.72. The van der Waals surface area contributed by atoms with E-state index in [4.69, 9.17) is 0 Å². The Morgan fingerprint density at radius 1 is 1.08 bits per heavy atom. The molecular weight excluding hydrogens is 146 g/mol. The first-order valence-electron chi connectivity index (χ1n) is 5.45. The van der Waals surface area contributed by atoms with Crippen molar-refractivity contribution >= 4 is 0 Å². The molecule has 0 aliphatic rings. The van der Waals surface area contributed by atoms with Gasteiger partial charge in [-0.05, 0) is 25.3 Å². The first-order valence-corrected chi connectivity index (χ1v) is 5.45. The SMILES string of the molecule is CCCCCNC(CC)C(C)C. The summed E-state index contributed by atoms with van der Waals surface area (Å²) in [4.78, 5) is 0. The lowest BCUT2D eigenvalue weighted by Crippen LogP contribution is -2.33. The quantitative estimate of drug-likeness (QED) is 0.580. The van der Waals surface area contributed by atoms with E-state index in [9.17, 15) is 0 Å². The lowest BCUT2D eigenvalue weighted by atomic mass is 10.0. The Labute approximate surface area is 77.9 Å². The highest BCUT2D eigenvalue weighted by Gasteiger charge is 2.08. The fourth-order valence-corrected chi connectivity index (χ4v) is 1.51. The van der Waals surface area contributed by atoms with Crippen LogP contribution in [-0.2, 0) is 0 Å². The Balaban J connectivity index is 3.32. The molecule has 1 nitrogen and oxygen atoms in total. The smallest absolute Gasteiger partial charge is 0.00874 e. The van der Waals surface area contributed by atoms with Crippen LogP contribution in [0.4, 0.5) is 0 Å². The maximum Gasteiger partial charge on any atom is 0.00874 e. The van der Waals surface area contributed by atoms with E-state index >= 15 is 0 Å². The van der Waals surface area contributed by atoms with Crippen molar-refractivity contribution in [1.29, 1.82) is 0 Å². The van der Waals surface area contributed by atoms with E-state index < -0.39 is 0 Å². The fourth-order valence-electron chi connectivity index (χ4n) is 1.51. The van der Waals surface area contributed by atoms with Crippen LogP contribution in [-0.4, -0.2) is 12.6 Å². The number of hydrogen-bond acceptors (Lipinski definition) is 1. The van der Waals surface area contributed by atoms with Gasteiger partial charge in [0.25, 0.3) is 0 Å². The summed E-state index contributed by atoms with van der Waals surface area (Å²) >= 11 is 0. The van der Waals surface area contributed by atoms with Crippen LogP contribution in [0.15, 0.2) is 0 Å². The van der Waals surface area contributed by atoms with Crippen LogP contribution < -0.4 is 5.32 Å². The summed E-state index contributed by atoms with van der Waals surface area (Å²) in [5.41, 5.74) is 0. The summed E-state index contributed by atoms with van der Waals surface area (Å²) in [6.07, 6.45) is 5.27. The Morgan fingerprint density at radius 2 is 1.75 bits per heavy atom. The monoisotopic (exact) mass is 171 g/mol. The van der Waals surface area contributed by atoms with E-state index in [0.29, 0.717) is 0 Å². The normalized spacial score (nSPS) is 13.8. The van der Waals surface area contributed by atoms with Gasteiger partial charge in [0, 0.05) is 6.04 Å². The number of hydrogen-bond donors (Lipinski definition) is 1. The fraction of sp³-hybridized carbons (Fsp3) is 1.00. The van der Waals surface area contributed by atoms with Gasteiger partial charge in [0.15, 0.2) is 0 Å². The second-order valence-electron chi connectivity index (χ2n) is 3.92. The molecule has 0 heterocycles. The topological polar surface area (TPSA) is 12.0 Å². The zero-order valence-electron chi connectivity index (χ0n) is 9.19. The molecule has 0 fully saturated rings. The molecule has 0 aromatic carbocycles. The third kappa shape index (κ3) is 5.59. The summed E-state index contributed by atoms with van der Waals surface area (Å²) in [5, 5.41) is 3.60. The molecule has 0 aliphatic heterocycles. The van der Waals surface area contributed by atoms with Crippen molar-refractivity contribution in [1.82, 2.24) is 5.32 Å². The molecule has 0 radical (unpaired) electrons. The Bertz CT molecular complexity index is 89.0. The standard InChI is InChI=1S/C11H25N/c1-5-7-8-9-12-11(6-2)10(3)4/h10-12H,5-9H2,1-4H3. The molecule has 1 atom stereocenters. The zero-order valence-corrected chi connectivity index (χ0v) is 9.19. The minimum Gasteiger partial charge on any atom is -0.314 e. The molecule has 0 amide bonds. The van der Waals surface area contributed by atoms with Gasteiger partial charge in [-0.1, -0.05) is 40.5 Å². The van der Waals surface area contributed by atoms with Gasteiger partial charge in [0.05, 0.1) is 0 Å². The molecule has 1 heteroatoms. The lowest BCUT2D eigenvalue weighted by molar-refractivity contribution is 0.385. The average molecular weight is 171 g/mol. The molecule has 1 unspecified atom stereocenters. The molecule has 0 spiro atoms. The molecule has 0 saturated carbocycles. The highest BCUT2D eigenvalue weighted by molar-refractivity contribution is 4.67. The van der Waals surface area contributed by atoms with Crippen LogP contribution in [0.25, 0.3) is 0 Å². The molecule has 0 aliphatic carbocycles. The lowest BCUT2D eigenvalue weighted by Gasteiger charge is -2.20. The Hall–Kier alpha value is -0.0400. The molecule has 0 aromatic rings. The second-order valence-corrected chi connectivity index (χ2v) is 3.92. The zero-order chi connectivity index (χ0) is 9.40. The molecule has 12 heavy (non-hydrogen) atoms. The highest BCUT2D eigenvalue weighted by atomic mass is 14.9. The maximum atomic E-state index is 3.60. The van der Waals surface area contributed by atoms with Gasteiger partial charge in [0.2, 0.25) is 0 Å². The molecule has 0 saturated heterocycles. The van der Waals surface area contributed by atoms with Crippen molar-refractivity contribution in [2.75, 3.05) is 6.54 Å². The van der Waals surface area contributed by atoms with Crippen LogP contribution in [0, 0.1) is 5.92 Å². The second kappa shape index (κ2) is 7.60. The van der Waals surface area contributed by atoms with Crippen molar-refractivity contribution < 1.29 is 0 Å². The minimum atomic E-state index is 0.724.